The van der Waals surface area contributed by atoms with Gasteiger partial charge in [0.2, 0.25) is 0 Å². The van der Waals surface area contributed by atoms with Gasteiger partial charge in [-0.1, -0.05) is 19.1 Å². The monoisotopic (exact) mass is 241 g/mol. The first-order valence-corrected chi connectivity index (χ1v) is 5.87. The molecule has 0 fully saturated rings. The van der Waals surface area contributed by atoms with E-state index in [0.29, 0.717) is 24.5 Å². The van der Waals surface area contributed by atoms with Crippen molar-refractivity contribution in [3.8, 4) is 5.75 Å². The lowest BCUT2D eigenvalue weighted by Crippen LogP contribution is -2.33. The summed E-state index contributed by atoms with van der Waals surface area (Å²) in [6.07, 6.45) is 0.871. The Hall–Kier alpha value is -1.22. The number of nitrogens with zero attached hydrogens (tertiary/aromatic N) is 1. The molecule has 0 aliphatic heterocycles. The van der Waals surface area contributed by atoms with Gasteiger partial charge in [0.15, 0.2) is 0 Å². The molecule has 0 radical (unpaired) electrons. The van der Waals surface area contributed by atoms with Crippen LogP contribution in [-0.4, -0.2) is 34.9 Å². The predicted octanol–water partition coefficient (Wildman–Crippen LogP) is 2.48. The molecule has 3 nitrogen and oxygen atoms in total. The van der Waals surface area contributed by atoms with Crippen molar-refractivity contribution in [2.24, 2.45) is 0 Å². The minimum Gasteiger partial charge on any atom is -0.507 e. The second-order valence-electron chi connectivity index (χ2n) is 3.50. The van der Waals surface area contributed by atoms with Gasteiger partial charge in [0.25, 0.3) is 5.91 Å². The molecule has 0 aliphatic rings. The Balaban J connectivity index is 2.85. The average Bonchev–Trinajstić information content (AvgIpc) is 2.28. The van der Waals surface area contributed by atoms with Crippen LogP contribution >= 0.6 is 11.6 Å². The summed E-state index contributed by atoms with van der Waals surface area (Å²) < 4.78 is 0. The zero-order valence-electron chi connectivity index (χ0n) is 9.32. The van der Waals surface area contributed by atoms with E-state index < -0.39 is 0 Å². The van der Waals surface area contributed by atoms with E-state index in [-0.39, 0.29) is 11.7 Å². The number of halogens is 1. The van der Waals surface area contributed by atoms with E-state index in [0.717, 1.165) is 6.42 Å². The van der Waals surface area contributed by atoms with Gasteiger partial charge < -0.3 is 10.0 Å². The fourth-order valence-corrected chi connectivity index (χ4v) is 1.72. The Morgan fingerprint density at radius 3 is 2.62 bits per heavy atom. The first-order chi connectivity index (χ1) is 7.70. The molecule has 0 spiro atoms. The second-order valence-corrected chi connectivity index (χ2v) is 3.88. The van der Waals surface area contributed by atoms with Crippen molar-refractivity contribution in [2.75, 3.05) is 19.0 Å². The lowest BCUT2D eigenvalue weighted by Gasteiger charge is -2.21. The minimum absolute atomic E-state index is 0.0168. The van der Waals surface area contributed by atoms with E-state index in [9.17, 15) is 9.90 Å². The third-order valence-corrected chi connectivity index (χ3v) is 2.44. The van der Waals surface area contributed by atoms with Crippen molar-refractivity contribution >= 4 is 17.5 Å². The van der Waals surface area contributed by atoms with Crippen molar-refractivity contribution in [3.63, 3.8) is 0 Å². The molecule has 1 N–H and O–H groups in total. The molecule has 88 valence electrons. The van der Waals surface area contributed by atoms with E-state index in [1.165, 1.54) is 6.07 Å². The fourth-order valence-electron chi connectivity index (χ4n) is 1.51. The summed E-state index contributed by atoms with van der Waals surface area (Å²) in [5, 5.41) is 9.59. The van der Waals surface area contributed by atoms with Crippen molar-refractivity contribution < 1.29 is 9.90 Å². The highest BCUT2D eigenvalue weighted by Gasteiger charge is 2.17. The molecule has 1 amide bonds. The molecule has 0 saturated carbocycles. The minimum atomic E-state index is -0.166. The number of para-hydroxylation sites is 1. The molecular weight excluding hydrogens is 226 g/mol. The molecule has 16 heavy (non-hydrogen) atoms. The van der Waals surface area contributed by atoms with E-state index in [2.05, 4.69) is 0 Å². The normalized spacial score (nSPS) is 10.1. The highest BCUT2D eigenvalue weighted by molar-refractivity contribution is 6.18. The molecule has 1 rings (SSSR count). The first-order valence-electron chi connectivity index (χ1n) is 5.34. The molecular formula is C12H16ClNO2. The SMILES string of the molecule is CCCN(CCCl)C(=O)c1ccccc1O. The predicted molar refractivity (Wildman–Crippen MR) is 65.0 cm³/mol. The maximum Gasteiger partial charge on any atom is 0.257 e. The summed E-state index contributed by atoms with van der Waals surface area (Å²) in [5.41, 5.74) is 0.334. The number of amides is 1. The Morgan fingerprint density at radius 1 is 1.38 bits per heavy atom. The number of benzene rings is 1. The van der Waals surface area contributed by atoms with Gasteiger partial charge >= 0.3 is 0 Å². The smallest absolute Gasteiger partial charge is 0.257 e. The number of carbonyl (C=O) groups excluding carboxylic acids is 1. The Kier molecular flexibility index (Phi) is 5.12. The van der Waals surface area contributed by atoms with Crippen molar-refractivity contribution in [1.29, 1.82) is 0 Å². The quantitative estimate of drug-likeness (QED) is 0.805. The number of phenolic OH excluding ortho intramolecular Hbond substituents is 1. The standard InChI is InChI=1S/C12H16ClNO2/c1-2-8-14(9-7-13)12(16)10-5-3-4-6-11(10)15/h3-6,15H,2,7-9H2,1H3. The fraction of sp³-hybridized carbons (Fsp3) is 0.417. The molecule has 1 aromatic rings. The van der Waals surface area contributed by atoms with Gasteiger partial charge in [-0.2, -0.15) is 0 Å². The average molecular weight is 242 g/mol. The molecule has 0 atom stereocenters. The Labute approximate surface area is 101 Å². The summed E-state index contributed by atoms with van der Waals surface area (Å²) in [6, 6.07) is 6.56. The maximum atomic E-state index is 12.1. The molecule has 0 saturated heterocycles. The highest BCUT2D eigenvalue weighted by Crippen LogP contribution is 2.17. The molecule has 4 heteroatoms. The number of aromatic hydroxyl groups is 1. The van der Waals surface area contributed by atoms with Gasteiger partial charge in [0.1, 0.15) is 5.75 Å². The molecule has 0 unspecified atom stereocenters. The van der Waals surface area contributed by atoms with Gasteiger partial charge in [-0.25, -0.2) is 0 Å². The van der Waals surface area contributed by atoms with Gasteiger partial charge in [-0.05, 0) is 18.6 Å². The van der Waals surface area contributed by atoms with Crippen LogP contribution < -0.4 is 0 Å². The van der Waals surface area contributed by atoms with Gasteiger partial charge in [-0.15, -0.1) is 11.6 Å². The number of hydrogen-bond donors (Lipinski definition) is 1. The van der Waals surface area contributed by atoms with Gasteiger partial charge in [0, 0.05) is 19.0 Å². The highest BCUT2D eigenvalue weighted by atomic mass is 35.5. The van der Waals surface area contributed by atoms with E-state index >= 15 is 0 Å². The molecule has 0 aromatic heterocycles. The van der Waals surface area contributed by atoms with Crippen LogP contribution in [0.2, 0.25) is 0 Å². The number of carbonyl (C=O) groups is 1. The summed E-state index contributed by atoms with van der Waals surface area (Å²) in [5.74, 6) is 0.253. The summed E-state index contributed by atoms with van der Waals surface area (Å²) >= 11 is 5.65. The van der Waals surface area contributed by atoms with Crippen molar-refractivity contribution in [1.82, 2.24) is 4.90 Å². The van der Waals surface area contributed by atoms with Crippen molar-refractivity contribution in [2.45, 2.75) is 13.3 Å². The van der Waals surface area contributed by atoms with Gasteiger partial charge in [-0.3, -0.25) is 4.79 Å². The third-order valence-electron chi connectivity index (χ3n) is 2.27. The van der Waals surface area contributed by atoms with Crippen LogP contribution in [0, 0.1) is 0 Å². The summed E-state index contributed by atoms with van der Waals surface area (Å²) in [7, 11) is 0. The van der Waals surface area contributed by atoms with E-state index in [1.807, 2.05) is 6.92 Å². The van der Waals surface area contributed by atoms with Crippen LogP contribution in [-0.2, 0) is 0 Å². The van der Waals surface area contributed by atoms with Crippen LogP contribution in [0.4, 0.5) is 0 Å². The maximum absolute atomic E-state index is 12.1. The van der Waals surface area contributed by atoms with Crippen LogP contribution in [0.3, 0.4) is 0 Å². The summed E-state index contributed by atoms with van der Waals surface area (Å²) in [6.45, 7) is 3.15. The number of phenols is 1. The zero-order valence-corrected chi connectivity index (χ0v) is 10.1. The van der Waals surface area contributed by atoms with Crippen LogP contribution in [0.5, 0.6) is 5.75 Å². The third kappa shape index (κ3) is 3.14. The van der Waals surface area contributed by atoms with Crippen LogP contribution in [0.25, 0.3) is 0 Å². The molecule has 0 aliphatic carbocycles. The van der Waals surface area contributed by atoms with Crippen LogP contribution in [0.15, 0.2) is 24.3 Å². The van der Waals surface area contributed by atoms with E-state index in [4.69, 9.17) is 11.6 Å². The van der Waals surface area contributed by atoms with Crippen molar-refractivity contribution in [3.05, 3.63) is 29.8 Å². The lowest BCUT2D eigenvalue weighted by atomic mass is 10.1. The molecule has 0 heterocycles. The second kappa shape index (κ2) is 6.38. The number of rotatable bonds is 5. The lowest BCUT2D eigenvalue weighted by molar-refractivity contribution is 0.0762. The Morgan fingerprint density at radius 2 is 2.06 bits per heavy atom. The Bertz CT molecular complexity index is 349. The molecule has 0 bridgehead atoms. The number of hydrogen-bond acceptors (Lipinski definition) is 2. The molecule has 1 aromatic carbocycles. The summed E-state index contributed by atoms with van der Waals surface area (Å²) in [4.78, 5) is 13.7. The zero-order chi connectivity index (χ0) is 12.0. The van der Waals surface area contributed by atoms with E-state index in [1.54, 1.807) is 23.1 Å². The van der Waals surface area contributed by atoms with Crippen LogP contribution in [0.1, 0.15) is 23.7 Å². The largest absolute Gasteiger partial charge is 0.507 e. The van der Waals surface area contributed by atoms with Gasteiger partial charge in [0.05, 0.1) is 5.56 Å². The first kappa shape index (κ1) is 12.8. The topological polar surface area (TPSA) is 40.5 Å². The number of alkyl halides is 1.